The number of hydrogen-bond acceptors (Lipinski definition) is 7. The first-order valence-corrected chi connectivity index (χ1v) is 17.2. The number of carbonyl (C=O) groups is 3. The molecule has 0 bridgehead atoms. The molecule has 2 aromatic heterocycles. The molecule has 1 saturated heterocycles. The molecule has 1 fully saturated rings. The third-order valence-corrected chi connectivity index (χ3v) is 10.1. The maximum absolute atomic E-state index is 15.2. The molecule has 6 N–H and O–H groups in total. The Hall–Kier alpha value is -5.91. The van der Waals surface area contributed by atoms with Crippen molar-refractivity contribution in [2.75, 3.05) is 6.54 Å². The predicted octanol–water partition coefficient (Wildman–Crippen LogP) is 7.49. The Bertz CT molecular complexity index is 2080. The molecule has 1 aliphatic heterocycles. The Morgan fingerprint density at radius 1 is 0.731 bits per heavy atom. The van der Waals surface area contributed by atoms with Crippen LogP contribution in [0.25, 0.3) is 33.6 Å². The fourth-order valence-corrected chi connectivity index (χ4v) is 7.58. The molecule has 0 aliphatic carbocycles. The summed E-state index contributed by atoms with van der Waals surface area (Å²) in [5.74, 6) is 0.330. The number of imidazole rings is 2. The van der Waals surface area contributed by atoms with Crippen molar-refractivity contribution in [3.05, 3.63) is 103 Å². The van der Waals surface area contributed by atoms with Crippen LogP contribution in [-0.2, 0) is 20.7 Å². The highest BCUT2D eigenvalue weighted by Gasteiger charge is 2.62. The van der Waals surface area contributed by atoms with Gasteiger partial charge in [-0.3, -0.25) is 4.79 Å². The summed E-state index contributed by atoms with van der Waals surface area (Å²) >= 11 is 0. The predicted molar refractivity (Wildman–Crippen MR) is 198 cm³/mol. The molecule has 1 unspecified atom stereocenters. The molecule has 2 atom stereocenters. The van der Waals surface area contributed by atoms with Gasteiger partial charge in [0.25, 0.3) is 5.91 Å². The Labute approximate surface area is 303 Å². The summed E-state index contributed by atoms with van der Waals surface area (Å²) in [7, 11) is 0. The van der Waals surface area contributed by atoms with Gasteiger partial charge in [0.15, 0.2) is 0 Å². The van der Waals surface area contributed by atoms with Crippen molar-refractivity contribution >= 4 is 18.1 Å². The van der Waals surface area contributed by atoms with Crippen molar-refractivity contribution in [2.24, 2.45) is 22.3 Å². The van der Waals surface area contributed by atoms with E-state index in [2.05, 4.69) is 35.7 Å². The van der Waals surface area contributed by atoms with Gasteiger partial charge in [-0.1, -0.05) is 120 Å². The molecule has 3 heterocycles. The van der Waals surface area contributed by atoms with E-state index in [0.717, 1.165) is 34.4 Å². The number of ether oxygens (including phenoxy) is 2. The van der Waals surface area contributed by atoms with Gasteiger partial charge >= 0.3 is 18.2 Å². The summed E-state index contributed by atoms with van der Waals surface area (Å²) in [6, 6.07) is 25.2. The van der Waals surface area contributed by atoms with Crippen LogP contribution < -0.4 is 16.2 Å². The number of hydrogen-bond donors (Lipinski definition) is 4. The second-order valence-corrected chi connectivity index (χ2v) is 15.2. The van der Waals surface area contributed by atoms with Crippen LogP contribution in [-0.4, -0.2) is 49.5 Å². The normalized spacial score (nSPS) is 17.4. The van der Waals surface area contributed by atoms with Crippen LogP contribution in [0, 0.1) is 10.8 Å². The highest BCUT2D eigenvalue weighted by Crippen LogP contribution is 2.54. The fraction of sp³-hybridized carbons (Fsp3) is 0.325. The van der Waals surface area contributed by atoms with E-state index in [4.69, 9.17) is 25.9 Å². The molecule has 1 aliphatic rings. The second-order valence-electron chi connectivity index (χ2n) is 15.2. The first kappa shape index (κ1) is 35.9. The molecule has 52 heavy (non-hydrogen) atoms. The highest BCUT2D eigenvalue weighted by atomic mass is 16.6. The minimum Gasteiger partial charge on any atom is -0.427 e. The van der Waals surface area contributed by atoms with Crippen molar-refractivity contribution in [3.63, 3.8) is 0 Å². The maximum Gasteiger partial charge on any atom is 0.412 e. The molecule has 6 rings (SSSR count). The van der Waals surface area contributed by atoms with Gasteiger partial charge in [0.1, 0.15) is 11.4 Å². The van der Waals surface area contributed by atoms with Crippen molar-refractivity contribution in [1.29, 1.82) is 0 Å². The van der Waals surface area contributed by atoms with Crippen LogP contribution in [0.3, 0.4) is 0 Å². The number of amides is 3. The zero-order chi connectivity index (χ0) is 37.5. The van der Waals surface area contributed by atoms with Crippen molar-refractivity contribution < 1.29 is 23.9 Å². The number of rotatable bonds is 8. The maximum atomic E-state index is 15.2. The van der Waals surface area contributed by atoms with Crippen molar-refractivity contribution in [2.45, 2.75) is 65.5 Å². The molecule has 0 spiro atoms. The lowest BCUT2D eigenvalue weighted by Crippen LogP contribution is -2.63. The standard InChI is InChI=1S/C40H45N7O5/c1-37(2,3)39(21-10-22-47(39)33(48)40(38(4,5)6,52-35(42)50)29-11-8-7-9-12-29)32-43-23-30(45-32)27-17-13-25(14-18-27)26-15-19-28(20-16-26)31-24-44-36(46-31)51-34(41)49/h7-9,11-20,23-24H,10,21-22H2,1-6H3,(H2,41,49)(H2,42,50)(H,43,45)(H,44,46)/t39?,40-/m1/s1. The Balaban J connectivity index is 1.31. The molecule has 0 radical (unpaired) electrons. The van der Waals surface area contributed by atoms with Crippen LogP contribution in [0.2, 0.25) is 0 Å². The second kappa shape index (κ2) is 13.3. The highest BCUT2D eigenvalue weighted by molar-refractivity contribution is 5.91. The van der Waals surface area contributed by atoms with Crippen LogP contribution in [0.15, 0.2) is 91.3 Å². The van der Waals surface area contributed by atoms with Crippen LogP contribution in [0.1, 0.15) is 65.8 Å². The minimum absolute atomic E-state index is 0.0343. The Kier molecular flexibility index (Phi) is 9.20. The van der Waals surface area contributed by atoms with Gasteiger partial charge in [-0.05, 0) is 40.5 Å². The molecular formula is C40H45N7O5. The number of nitrogens with zero attached hydrogens (tertiary/aromatic N) is 3. The molecule has 3 aromatic carbocycles. The van der Waals surface area contributed by atoms with Gasteiger partial charge in [0, 0.05) is 17.5 Å². The zero-order valence-corrected chi connectivity index (χ0v) is 30.3. The number of benzene rings is 3. The summed E-state index contributed by atoms with van der Waals surface area (Å²) < 4.78 is 10.8. The minimum atomic E-state index is -1.69. The van der Waals surface area contributed by atoms with Gasteiger partial charge in [-0.15, -0.1) is 0 Å². The quantitative estimate of drug-likeness (QED) is 0.129. The van der Waals surface area contributed by atoms with Gasteiger partial charge in [-0.25, -0.2) is 19.6 Å². The number of nitrogens with one attached hydrogen (secondary N) is 2. The fourth-order valence-electron chi connectivity index (χ4n) is 7.58. The molecule has 12 nitrogen and oxygen atoms in total. The lowest BCUT2D eigenvalue weighted by atomic mass is 9.67. The van der Waals surface area contributed by atoms with Gasteiger partial charge in [0.05, 0.1) is 23.8 Å². The van der Waals surface area contributed by atoms with E-state index in [0.29, 0.717) is 30.0 Å². The summed E-state index contributed by atoms with van der Waals surface area (Å²) in [5, 5.41) is 0. The Morgan fingerprint density at radius 3 is 1.79 bits per heavy atom. The number of likely N-dealkylation sites (tertiary alicyclic amines) is 1. The van der Waals surface area contributed by atoms with Crippen LogP contribution in [0.4, 0.5) is 9.59 Å². The Morgan fingerprint density at radius 2 is 1.27 bits per heavy atom. The van der Waals surface area contributed by atoms with Crippen LogP contribution >= 0.6 is 0 Å². The first-order chi connectivity index (χ1) is 24.6. The SMILES string of the molecule is CC(C)(C)C1(c2ncc(-c3ccc(-c4ccc(-c5cnc(OC(N)=O)[nH]5)cc4)cc3)[nH]2)CCCN1C(=O)[C@](OC(N)=O)(c1ccccc1)C(C)(C)C. The van der Waals surface area contributed by atoms with E-state index in [1.807, 2.05) is 111 Å². The van der Waals surface area contributed by atoms with Gasteiger partial charge < -0.3 is 35.8 Å². The molecule has 270 valence electrons. The molecule has 0 saturated carbocycles. The number of aromatic nitrogens is 4. The molecule has 5 aromatic rings. The molecular weight excluding hydrogens is 658 g/mol. The summed E-state index contributed by atoms with van der Waals surface area (Å²) in [6.45, 7) is 12.4. The smallest absolute Gasteiger partial charge is 0.412 e. The third-order valence-electron chi connectivity index (χ3n) is 10.1. The van der Waals surface area contributed by atoms with Gasteiger partial charge in [-0.2, -0.15) is 0 Å². The van der Waals surface area contributed by atoms with E-state index in [1.165, 1.54) is 0 Å². The first-order valence-electron chi connectivity index (χ1n) is 17.2. The third kappa shape index (κ3) is 6.29. The van der Waals surface area contributed by atoms with E-state index in [9.17, 15) is 9.59 Å². The van der Waals surface area contributed by atoms with E-state index in [-0.39, 0.29) is 11.9 Å². The van der Waals surface area contributed by atoms with E-state index >= 15 is 4.79 Å². The number of primary amides is 2. The average molecular weight is 704 g/mol. The monoisotopic (exact) mass is 703 g/mol. The summed E-state index contributed by atoms with van der Waals surface area (Å²) in [5.41, 5.74) is 12.8. The lowest BCUT2D eigenvalue weighted by molar-refractivity contribution is -0.175. The largest absolute Gasteiger partial charge is 0.427 e. The molecule has 12 heteroatoms. The van der Waals surface area contributed by atoms with Crippen molar-refractivity contribution in [1.82, 2.24) is 24.8 Å². The lowest BCUT2D eigenvalue weighted by Gasteiger charge is -2.51. The zero-order valence-electron chi connectivity index (χ0n) is 30.3. The summed E-state index contributed by atoms with van der Waals surface area (Å²) in [4.78, 5) is 56.1. The number of carbonyl (C=O) groups excluding carboxylic acids is 3. The van der Waals surface area contributed by atoms with E-state index < -0.39 is 34.2 Å². The number of aromatic amines is 2. The number of H-pyrrole nitrogens is 2. The molecule has 3 amide bonds. The van der Waals surface area contributed by atoms with Crippen molar-refractivity contribution in [3.8, 4) is 39.7 Å². The topological polar surface area (TPSA) is 182 Å². The van der Waals surface area contributed by atoms with E-state index in [1.54, 1.807) is 6.20 Å². The van der Waals surface area contributed by atoms with Gasteiger partial charge in [0.2, 0.25) is 5.60 Å². The number of nitrogens with two attached hydrogens (primary N) is 2. The summed E-state index contributed by atoms with van der Waals surface area (Å²) in [6.07, 6.45) is 2.82. The average Bonchev–Trinajstić information content (AvgIpc) is 3.87. The van der Waals surface area contributed by atoms with Crippen LogP contribution in [0.5, 0.6) is 6.01 Å².